The lowest BCUT2D eigenvalue weighted by Crippen LogP contribution is -2.15. The molecule has 0 aliphatic carbocycles. The Morgan fingerprint density at radius 1 is 0.931 bits per heavy atom. The Bertz CT molecular complexity index is 1080. The molecule has 0 bridgehead atoms. The Kier molecular flexibility index (Phi) is 6.98. The van der Waals surface area contributed by atoms with Gasteiger partial charge in [-0.2, -0.15) is 0 Å². The van der Waals surface area contributed by atoms with Gasteiger partial charge in [0.1, 0.15) is 19.5 Å². The molecule has 1 N–H and O–H groups in total. The molecule has 0 aliphatic heterocycles. The molecule has 0 atom stereocenters. The Morgan fingerprint density at radius 2 is 1.59 bits per heavy atom. The van der Waals surface area contributed by atoms with Crippen LogP contribution in [0, 0.1) is 0 Å². The lowest BCUT2D eigenvalue weighted by molar-refractivity contribution is 0.202. The van der Waals surface area contributed by atoms with Gasteiger partial charge in [-0.25, -0.2) is 28.4 Å². The molecule has 2 heterocycles. The van der Waals surface area contributed by atoms with Gasteiger partial charge < -0.3 is 9.47 Å². The predicted molar refractivity (Wildman–Crippen MR) is 114 cm³/mol. The van der Waals surface area contributed by atoms with Gasteiger partial charge in [-0.15, -0.1) is 0 Å². The number of halogens is 2. The highest BCUT2D eigenvalue weighted by atomic mass is 79.9. The van der Waals surface area contributed by atoms with Gasteiger partial charge in [-0.05, 0) is 33.6 Å². The normalized spacial score (nSPS) is 11.1. The fraction of sp³-hybridized carbons (Fsp3) is 0.176. The summed E-state index contributed by atoms with van der Waals surface area (Å²) in [5.41, 5.74) is 1.11. The number of rotatable bonds is 8. The van der Waals surface area contributed by atoms with Crippen molar-refractivity contribution in [3.05, 3.63) is 51.9 Å². The molecule has 152 valence electrons. The standard InChI is InChI=1S/C17H15Br2N5O4S/c1-29(25,26)24-15-14(11-2-4-12(18)5-3-11)16(23-10-22-15)27-6-7-28-17-20-8-13(19)9-21-17/h2-5,8-10H,6-7H2,1H3,(H,22,23,24). The van der Waals surface area contributed by atoms with Crippen molar-refractivity contribution in [2.24, 2.45) is 0 Å². The Labute approximate surface area is 184 Å². The lowest BCUT2D eigenvalue weighted by atomic mass is 10.1. The fourth-order valence-corrected chi connectivity index (χ4v) is 3.23. The van der Waals surface area contributed by atoms with E-state index in [9.17, 15) is 8.42 Å². The first-order valence-electron chi connectivity index (χ1n) is 8.14. The number of hydrogen-bond donors (Lipinski definition) is 1. The van der Waals surface area contributed by atoms with Crippen LogP contribution in [0.15, 0.2) is 51.9 Å². The van der Waals surface area contributed by atoms with Gasteiger partial charge >= 0.3 is 6.01 Å². The fourth-order valence-electron chi connectivity index (χ4n) is 2.25. The minimum atomic E-state index is -3.55. The molecule has 12 heteroatoms. The van der Waals surface area contributed by atoms with Crippen LogP contribution in [0.5, 0.6) is 11.9 Å². The van der Waals surface area contributed by atoms with Crippen LogP contribution in [0.25, 0.3) is 11.1 Å². The Balaban J connectivity index is 1.80. The molecule has 1 aromatic carbocycles. The lowest BCUT2D eigenvalue weighted by Gasteiger charge is -2.14. The van der Waals surface area contributed by atoms with Crippen molar-refractivity contribution < 1.29 is 17.9 Å². The molecule has 0 spiro atoms. The second-order valence-electron chi connectivity index (χ2n) is 5.66. The van der Waals surface area contributed by atoms with E-state index in [1.165, 1.54) is 6.33 Å². The highest BCUT2D eigenvalue weighted by Gasteiger charge is 2.18. The van der Waals surface area contributed by atoms with Gasteiger partial charge in [0.05, 0.1) is 16.3 Å². The van der Waals surface area contributed by atoms with Crippen molar-refractivity contribution in [3.63, 3.8) is 0 Å². The summed E-state index contributed by atoms with van der Waals surface area (Å²) < 4.78 is 38.6. The third-order valence-electron chi connectivity index (χ3n) is 3.38. The monoisotopic (exact) mass is 543 g/mol. The predicted octanol–water partition coefficient (Wildman–Crippen LogP) is 3.29. The summed E-state index contributed by atoms with van der Waals surface area (Å²) in [4.78, 5) is 16.2. The van der Waals surface area contributed by atoms with Crippen LogP contribution < -0.4 is 14.2 Å². The smallest absolute Gasteiger partial charge is 0.316 e. The van der Waals surface area contributed by atoms with E-state index in [0.717, 1.165) is 15.2 Å². The molecule has 0 saturated heterocycles. The van der Waals surface area contributed by atoms with E-state index in [1.54, 1.807) is 24.5 Å². The van der Waals surface area contributed by atoms with Gasteiger partial charge in [0.15, 0.2) is 5.82 Å². The van der Waals surface area contributed by atoms with E-state index in [1.807, 2.05) is 12.1 Å². The third kappa shape index (κ3) is 6.34. The first-order valence-corrected chi connectivity index (χ1v) is 11.6. The molecule has 0 aliphatic rings. The molecule has 29 heavy (non-hydrogen) atoms. The van der Waals surface area contributed by atoms with Crippen molar-refractivity contribution in [2.45, 2.75) is 0 Å². The van der Waals surface area contributed by atoms with Crippen LogP contribution >= 0.6 is 31.9 Å². The topological polar surface area (TPSA) is 116 Å². The van der Waals surface area contributed by atoms with E-state index >= 15 is 0 Å². The van der Waals surface area contributed by atoms with Crippen LogP contribution in [0.3, 0.4) is 0 Å². The summed E-state index contributed by atoms with van der Waals surface area (Å²) in [7, 11) is -3.55. The zero-order valence-electron chi connectivity index (χ0n) is 15.0. The SMILES string of the molecule is CS(=O)(=O)Nc1ncnc(OCCOc2ncc(Br)cn2)c1-c1ccc(Br)cc1. The van der Waals surface area contributed by atoms with Crippen molar-refractivity contribution in [3.8, 4) is 23.0 Å². The van der Waals surface area contributed by atoms with Crippen molar-refractivity contribution >= 4 is 47.7 Å². The summed E-state index contributed by atoms with van der Waals surface area (Å²) >= 11 is 6.63. The minimum absolute atomic E-state index is 0.122. The van der Waals surface area contributed by atoms with E-state index in [0.29, 0.717) is 11.1 Å². The molecular weight excluding hydrogens is 530 g/mol. The van der Waals surface area contributed by atoms with E-state index in [-0.39, 0.29) is 30.9 Å². The molecule has 9 nitrogen and oxygen atoms in total. The quantitative estimate of drug-likeness (QED) is 0.429. The summed E-state index contributed by atoms with van der Waals surface area (Å²) in [5, 5.41) is 0. The van der Waals surface area contributed by atoms with Crippen molar-refractivity contribution in [1.82, 2.24) is 19.9 Å². The molecule has 0 amide bonds. The van der Waals surface area contributed by atoms with Crippen LogP contribution in [-0.2, 0) is 10.0 Å². The number of hydrogen-bond acceptors (Lipinski definition) is 8. The summed E-state index contributed by atoms with van der Waals surface area (Å²) in [6, 6.07) is 7.46. The maximum Gasteiger partial charge on any atom is 0.316 e. The van der Waals surface area contributed by atoms with Gasteiger partial charge in [0, 0.05) is 16.9 Å². The van der Waals surface area contributed by atoms with Crippen molar-refractivity contribution in [1.29, 1.82) is 0 Å². The average Bonchev–Trinajstić information content (AvgIpc) is 2.66. The van der Waals surface area contributed by atoms with E-state index in [2.05, 4.69) is 56.5 Å². The second-order valence-corrected chi connectivity index (χ2v) is 9.24. The van der Waals surface area contributed by atoms with Gasteiger partial charge in [-0.3, -0.25) is 4.72 Å². The number of nitrogens with one attached hydrogen (secondary N) is 1. The second kappa shape index (κ2) is 9.46. The molecular formula is C17H15Br2N5O4S. The maximum atomic E-state index is 11.7. The number of sulfonamides is 1. The van der Waals surface area contributed by atoms with Gasteiger partial charge in [-0.1, -0.05) is 28.1 Å². The van der Waals surface area contributed by atoms with Crippen LogP contribution in [0.1, 0.15) is 0 Å². The molecule has 2 aromatic heterocycles. The van der Waals surface area contributed by atoms with Crippen molar-refractivity contribution in [2.75, 3.05) is 24.2 Å². The molecule has 3 rings (SSSR count). The summed E-state index contributed by atoms with van der Waals surface area (Å²) in [6.07, 6.45) is 5.42. The van der Waals surface area contributed by atoms with Gasteiger partial charge in [0.25, 0.3) is 0 Å². The van der Waals surface area contributed by atoms with Crippen LogP contribution in [0.4, 0.5) is 5.82 Å². The van der Waals surface area contributed by atoms with Crippen LogP contribution in [0.2, 0.25) is 0 Å². The summed E-state index contributed by atoms with van der Waals surface area (Å²) in [6.45, 7) is 0.304. The molecule has 0 radical (unpaired) electrons. The molecule has 3 aromatic rings. The Morgan fingerprint density at radius 3 is 2.24 bits per heavy atom. The van der Waals surface area contributed by atoms with Crippen LogP contribution in [-0.4, -0.2) is 47.8 Å². The average molecular weight is 545 g/mol. The number of benzene rings is 1. The highest BCUT2D eigenvalue weighted by molar-refractivity contribution is 9.10. The zero-order valence-corrected chi connectivity index (χ0v) is 19.0. The minimum Gasteiger partial charge on any atom is -0.473 e. The largest absolute Gasteiger partial charge is 0.473 e. The highest BCUT2D eigenvalue weighted by Crippen LogP contribution is 2.34. The molecule has 0 fully saturated rings. The third-order valence-corrected chi connectivity index (χ3v) is 4.88. The molecule has 0 unspecified atom stereocenters. The number of anilines is 1. The zero-order chi connectivity index (χ0) is 20.9. The first kappa shape index (κ1) is 21.4. The van der Waals surface area contributed by atoms with E-state index in [4.69, 9.17) is 9.47 Å². The maximum absolute atomic E-state index is 11.7. The number of ether oxygens (including phenoxy) is 2. The van der Waals surface area contributed by atoms with E-state index < -0.39 is 10.0 Å². The Hall–Kier alpha value is -2.31. The molecule has 0 saturated carbocycles. The number of nitrogens with zero attached hydrogens (tertiary/aromatic N) is 4. The summed E-state index contributed by atoms with van der Waals surface area (Å²) in [5.74, 6) is 0.339. The first-order chi connectivity index (χ1) is 13.8. The number of aromatic nitrogens is 4. The van der Waals surface area contributed by atoms with Gasteiger partial charge in [0.2, 0.25) is 15.9 Å².